The molecule has 1 aliphatic rings. The second kappa shape index (κ2) is 5.29. The van der Waals surface area contributed by atoms with E-state index in [0.29, 0.717) is 0 Å². The lowest BCUT2D eigenvalue weighted by atomic mass is 9.87. The van der Waals surface area contributed by atoms with Crippen LogP contribution in [0.5, 0.6) is 0 Å². The number of anilines is 1. The Labute approximate surface area is 111 Å². The Balaban J connectivity index is 2.10. The lowest BCUT2D eigenvalue weighted by Gasteiger charge is -2.33. The Hall–Kier alpha value is -1.05. The van der Waals surface area contributed by atoms with Crippen molar-refractivity contribution in [2.45, 2.75) is 52.4 Å². The molecule has 18 heavy (non-hydrogen) atoms. The SMILES string of the molecule is CCC1CCN(c2cc(C(C)(C)C)ccn2)CC1. The highest BCUT2D eigenvalue weighted by molar-refractivity contribution is 5.43. The zero-order valence-corrected chi connectivity index (χ0v) is 12.2. The van der Waals surface area contributed by atoms with Gasteiger partial charge in [0, 0.05) is 19.3 Å². The number of nitrogens with zero attached hydrogens (tertiary/aromatic N) is 2. The van der Waals surface area contributed by atoms with Gasteiger partial charge in [0.1, 0.15) is 5.82 Å². The lowest BCUT2D eigenvalue weighted by Crippen LogP contribution is -2.34. The van der Waals surface area contributed by atoms with Crippen molar-refractivity contribution in [2.75, 3.05) is 18.0 Å². The first-order valence-corrected chi connectivity index (χ1v) is 7.22. The number of aromatic nitrogens is 1. The molecule has 1 fully saturated rings. The zero-order valence-electron chi connectivity index (χ0n) is 12.2. The third-order valence-electron chi connectivity index (χ3n) is 4.13. The average molecular weight is 246 g/mol. The Morgan fingerprint density at radius 3 is 2.50 bits per heavy atom. The molecular weight excluding hydrogens is 220 g/mol. The molecule has 1 aromatic heterocycles. The van der Waals surface area contributed by atoms with Crippen molar-refractivity contribution in [1.82, 2.24) is 4.98 Å². The van der Waals surface area contributed by atoms with Crippen LogP contribution in [-0.2, 0) is 5.41 Å². The van der Waals surface area contributed by atoms with E-state index in [9.17, 15) is 0 Å². The van der Waals surface area contributed by atoms with Gasteiger partial charge in [-0.2, -0.15) is 0 Å². The minimum atomic E-state index is 0.208. The predicted molar refractivity (Wildman–Crippen MR) is 78.2 cm³/mol. The summed E-state index contributed by atoms with van der Waals surface area (Å²) in [7, 11) is 0. The third kappa shape index (κ3) is 3.04. The molecule has 0 radical (unpaired) electrons. The average Bonchev–Trinajstić information content (AvgIpc) is 2.38. The van der Waals surface area contributed by atoms with E-state index in [1.165, 1.54) is 37.9 Å². The van der Waals surface area contributed by atoms with Crippen LogP contribution in [0, 0.1) is 5.92 Å². The van der Waals surface area contributed by atoms with Gasteiger partial charge in [0.05, 0.1) is 0 Å². The summed E-state index contributed by atoms with van der Waals surface area (Å²) in [6, 6.07) is 4.41. The molecule has 0 N–H and O–H groups in total. The van der Waals surface area contributed by atoms with Crippen LogP contribution in [0.1, 0.15) is 52.5 Å². The molecule has 1 aliphatic heterocycles. The van der Waals surface area contributed by atoms with E-state index in [1.54, 1.807) is 0 Å². The fourth-order valence-electron chi connectivity index (χ4n) is 2.63. The molecule has 2 rings (SSSR count). The molecule has 0 aromatic carbocycles. The fraction of sp³-hybridized carbons (Fsp3) is 0.688. The molecule has 0 saturated carbocycles. The van der Waals surface area contributed by atoms with Crippen LogP contribution in [0.4, 0.5) is 5.82 Å². The van der Waals surface area contributed by atoms with E-state index in [4.69, 9.17) is 0 Å². The fourth-order valence-corrected chi connectivity index (χ4v) is 2.63. The van der Waals surface area contributed by atoms with Gasteiger partial charge in [0.25, 0.3) is 0 Å². The van der Waals surface area contributed by atoms with Crippen LogP contribution in [0.15, 0.2) is 18.3 Å². The van der Waals surface area contributed by atoms with E-state index in [2.05, 4.69) is 49.7 Å². The van der Waals surface area contributed by atoms with Crippen LogP contribution in [0.3, 0.4) is 0 Å². The normalized spacial score (nSPS) is 18.1. The zero-order chi connectivity index (χ0) is 13.2. The van der Waals surface area contributed by atoms with Crippen molar-refractivity contribution in [2.24, 2.45) is 5.92 Å². The standard InChI is InChI=1S/C16H26N2/c1-5-13-7-10-18(11-8-13)15-12-14(6-9-17-15)16(2,3)4/h6,9,12-13H,5,7-8,10-11H2,1-4H3. The van der Waals surface area contributed by atoms with Crippen LogP contribution in [0.25, 0.3) is 0 Å². The molecule has 100 valence electrons. The molecule has 1 saturated heterocycles. The van der Waals surface area contributed by atoms with E-state index in [-0.39, 0.29) is 5.41 Å². The van der Waals surface area contributed by atoms with Gasteiger partial charge in [-0.15, -0.1) is 0 Å². The summed E-state index contributed by atoms with van der Waals surface area (Å²) >= 11 is 0. The predicted octanol–water partition coefficient (Wildman–Crippen LogP) is 4.01. The van der Waals surface area contributed by atoms with Crippen molar-refractivity contribution < 1.29 is 0 Å². The van der Waals surface area contributed by atoms with Gasteiger partial charge >= 0.3 is 0 Å². The van der Waals surface area contributed by atoms with Gasteiger partial charge in [-0.1, -0.05) is 34.1 Å². The van der Waals surface area contributed by atoms with Gasteiger partial charge in [0.2, 0.25) is 0 Å². The highest BCUT2D eigenvalue weighted by atomic mass is 15.2. The maximum atomic E-state index is 4.55. The van der Waals surface area contributed by atoms with Crippen LogP contribution in [-0.4, -0.2) is 18.1 Å². The summed E-state index contributed by atoms with van der Waals surface area (Å²) in [4.78, 5) is 7.00. The van der Waals surface area contributed by atoms with Crippen molar-refractivity contribution in [1.29, 1.82) is 0 Å². The topological polar surface area (TPSA) is 16.1 Å². The van der Waals surface area contributed by atoms with Gasteiger partial charge in [-0.05, 0) is 41.9 Å². The molecule has 2 nitrogen and oxygen atoms in total. The molecule has 2 heterocycles. The monoisotopic (exact) mass is 246 g/mol. The second-order valence-electron chi connectivity index (χ2n) is 6.49. The van der Waals surface area contributed by atoms with E-state index < -0.39 is 0 Å². The number of pyridine rings is 1. The largest absolute Gasteiger partial charge is 0.357 e. The summed E-state index contributed by atoms with van der Waals surface area (Å²) in [6.45, 7) is 11.4. The molecule has 0 atom stereocenters. The first-order valence-electron chi connectivity index (χ1n) is 7.22. The summed E-state index contributed by atoms with van der Waals surface area (Å²) in [5.74, 6) is 2.09. The van der Waals surface area contributed by atoms with Crippen LogP contribution < -0.4 is 4.90 Å². The summed E-state index contributed by atoms with van der Waals surface area (Å²) in [5, 5.41) is 0. The van der Waals surface area contributed by atoms with Gasteiger partial charge in [-0.3, -0.25) is 0 Å². The maximum absolute atomic E-state index is 4.55. The summed E-state index contributed by atoms with van der Waals surface area (Å²) < 4.78 is 0. The number of hydrogen-bond donors (Lipinski definition) is 0. The minimum absolute atomic E-state index is 0.208. The summed E-state index contributed by atoms with van der Waals surface area (Å²) in [5.41, 5.74) is 1.59. The van der Waals surface area contributed by atoms with Crippen LogP contribution in [0.2, 0.25) is 0 Å². The van der Waals surface area contributed by atoms with E-state index in [1.807, 2.05) is 6.20 Å². The molecule has 0 bridgehead atoms. The highest BCUT2D eigenvalue weighted by Gasteiger charge is 2.20. The smallest absolute Gasteiger partial charge is 0.128 e. The van der Waals surface area contributed by atoms with E-state index >= 15 is 0 Å². The van der Waals surface area contributed by atoms with Crippen molar-refractivity contribution >= 4 is 5.82 Å². The van der Waals surface area contributed by atoms with Crippen molar-refractivity contribution in [3.8, 4) is 0 Å². The molecule has 1 aromatic rings. The quantitative estimate of drug-likeness (QED) is 0.784. The van der Waals surface area contributed by atoms with E-state index in [0.717, 1.165) is 11.7 Å². The number of rotatable bonds is 2. The second-order valence-corrected chi connectivity index (χ2v) is 6.49. The molecule has 0 unspecified atom stereocenters. The first kappa shape index (κ1) is 13.4. The Morgan fingerprint density at radius 2 is 1.94 bits per heavy atom. The molecule has 0 aliphatic carbocycles. The number of hydrogen-bond acceptors (Lipinski definition) is 2. The highest BCUT2D eigenvalue weighted by Crippen LogP contribution is 2.27. The third-order valence-corrected chi connectivity index (χ3v) is 4.13. The van der Waals surface area contributed by atoms with Gasteiger partial charge in [-0.25, -0.2) is 4.98 Å². The van der Waals surface area contributed by atoms with Crippen molar-refractivity contribution in [3.63, 3.8) is 0 Å². The molecule has 0 spiro atoms. The first-order chi connectivity index (χ1) is 8.50. The maximum Gasteiger partial charge on any atom is 0.128 e. The Morgan fingerprint density at radius 1 is 1.28 bits per heavy atom. The van der Waals surface area contributed by atoms with Crippen molar-refractivity contribution in [3.05, 3.63) is 23.9 Å². The van der Waals surface area contributed by atoms with Gasteiger partial charge in [0.15, 0.2) is 0 Å². The Kier molecular flexibility index (Phi) is 3.94. The lowest BCUT2D eigenvalue weighted by molar-refractivity contribution is 0.393. The van der Waals surface area contributed by atoms with Crippen LogP contribution >= 0.6 is 0 Å². The van der Waals surface area contributed by atoms with Gasteiger partial charge < -0.3 is 4.90 Å². The Bertz CT molecular complexity index is 384. The molecule has 0 amide bonds. The molecule has 2 heteroatoms. The number of piperidine rings is 1. The molecular formula is C16H26N2. The minimum Gasteiger partial charge on any atom is -0.357 e. The summed E-state index contributed by atoms with van der Waals surface area (Å²) in [6.07, 6.45) is 5.92.